The Hall–Kier alpha value is -8.46. The minimum atomic E-state index is 1.09. The molecule has 2 nitrogen and oxygen atoms in total. The Kier molecular flexibility index (Phi) is 9.20. The molecule has 0 saturated heterocycles. The molecule has 12 rings (SSSR count). The van der Waals surface area contributed by atoms with Crippen molar-refractivity contribution in [3.8, 4) is 50.2 Å². The van der Waals surface area contributed by atoms with Crippen LogP contribution in [0.1, 0.15) is 0 Å². The highest BCUT2D eigenvalue weighted by atomic mass is 15.1. The first-order valence-corrected chi connectivity index (χ1v) is 22.0. The Morgan fingerprint density at radius 1 is 0.266 bits per heavy atom. The van der Waals surface area contributed by atoms with E-state index in [0.29, 0.717) is 0 Å². The summed E-state index contributed by atoms with van der Waals surface area (Å²) in [5, 5.41) is 7.47. The van der Waals surface area contributed by atoms with E-state index in [0.717, 1.165) is 28.3 Å². The maximum Gasteiger partial charge on any atom is 0.0619 e. The van der Waals surface area contributed by atoms with Crippen molar-refractivity contribution in [1.29, 1.82) is 0 Å². The normalized spacial score (nSPS) is 11.4. The summed E-state index contributed by atoms with van der Waals surface area (Å²) in [7, 11) is 0. The molecule has 0 radical (unpaired) electrons. The summed E-state index contributed by atoms with van der Waals surface area (Å²) in [4.78, 5) is 2.36. The zero-order valence-corrected chi connectivity index (χ0v) is 35.1. The van der Waals surface area contributed by atoms with Crippen molar-refractivity contribution in [2.24, 2.45) is 0 Å². The van der Waals surface area contributed by atoms with Gasteiger partial charge in [0, 0.05) is 39.0 Å². The molecule has 0 unspecified atom stereocenters. The van der Waals surface area contributed by atoms with Crippen molar-refractivity contribution >= 4 is 60.4 Å². The first-order chi connectivity index (χ1) is 31.7. The second-order valence-electron chi connectivity index (χ2n) is 16.5. The third kappa shape index (κ3) is 6.52. The Balaban J connectivity index is 0.972. The number of rotatable bonds is 8. The Labute approximate surface area is 373 Å². The number of benzene rings is 11. The monoisotopic (exact) mass is 814 g/mol. The van der Waals surface area contributed by atoms with Gasteiger partial charge in [-0.25, -0.2) is 0 Å². The quantitative estimate of drug-likeness (QED) is 0.148. The average Bonchev–Trinajstić information content (AvgIpc) is 3.71. The Morgan fingerprint density at radius 2 is 0.750 bits per heavy atom. The van der Waals surface area contributed by atoms with Gasteiger partial charge in [-0.15, -0.1) is 0 Å². The van der Waals surface area contributed by atoms with Crippen LogP contribution in [-0.2, 0) is 0 Å². The van der Waals surface area contributed by atoms with Gasteiger partial charge >= 0.3 is 0 Å². The molecule has 300 valence electrons. The zero-order valence-electron chi connectivity index (χ0n) is 35.1. The maximum atomic E-state index is 2.48. The summed E-state index contributed by atoms with van der Waals surface area (Å²) in [6.45, 7) is 0. The lowest BCUT2D eigenvalue weighted by atomic mass is 9.98. The van der Waals surface area contributed by atoms with Gasteiger partial charge in [-0.05, 0) is 110 Å². The van der Waals surface area contributed by atoms with Gasteiger partial charge in [0.25, 0.3) is 0 Å². The van der Waals surface area contributed by atoms with Crippen LogP contribution in [0, 0.1) is 0 Å². The van der Waals surface area contributed by atoms with Crippen molar-refractivity contribution in [1.82, 2.24) is 4.57 Å². The fourth-order valence-electron chi connectivity index (χ4n) is 9.71. The number of anilines is 3. The smallest absolute Gasteiger partial charge is 0.0619 e. The van der Waals surface area contributed by atoms with Gasteiger partial charge < -0.3 is 9.47 Å². The third-order valence-corrected chi connectivity index (χ3v) is 12.8. The van der Waals surface area contributed by atoms with Crippen LogP contribution in [0.5, 0.6) is 0 Å². The molecule has 64 heavy (non-hydrogen) atoms. The van der Waals surface area contributed by atoms with E-state index in [1.165, 1.54) is 82.3 Å². The van der Waals surface area contributed by atoms with E-state index in [9.17, 15) is 0 Å². The average molecular weight is 815 g/mol. The molecule has 0 bridgehead atoms. The highest BCUT2D eigenvalue weighted by molar-refractivity contribution is 6.14. The van der Waals surface area contributed by atoms with Gasteiger partial charge in [-0.3, -0.25) is 0 Å². The van der Waals surface area contributed by atoms with Crippen LogP contribution < -0.4 is 4.90 Å². The van der Waals surface area contributed by atoms with Crippen molar-refractivity contribution in [3.63, 3.8) is 0 Å². The van der Waals surface area contributed by atoms with E-state index in [1.54, 1.807) is 0 Å². The predicted molar refractivity (Wildman–Crippen MR) is 272 cm³/mol. The second-order valence-corrected chi connectivity index (χ2v) is 16.5. The summed E-state index contributed by atoms with van der Waals surface area (Å²) < 4.78 is 2.48. The van der Waals surface area contributed by atoms with Gasteiger partial charge in [0.05, 0.1) is 16.7 Å². The minimum Gasteiger partial charge on any atom is -0.311 e. The largest absolute Gasteiger partial charge is 0.311 e. The van der Waals surface area contributed by atoms with Crippen LogP contribution in [0.4, 0.5) is 17.1 Å². The van der Waals surface area contributed by atoms with E-state index in [4.69, 9.17) is 0 Å². The molecule has 0 N–H and O–H groups in total. The van der Waals surface area contributed by atoms with Crippen LogP contribution >= 0.6 is 0 Å². The first-order valence-electron chi connectivity index (χ1n) is 22.0. The molecular formula is C62H42N2. The molecule has 12 aromatic rings. The summed E-state index contributed by atoms with van der Waals surface area (Å²) >= 11 is 0. The number of hydrogen-bond donors (Lipinski definition) is 0. The van der Waals surface area contributed by atoms with Crippen molar-refractivity contribution in [2.45, 2.75) is 0 Å². The Bertz CT molecular complexity index is 3630. The second kappa shape index (κ2) is 15.8. The standard InChI is InChI=1S/C62H42N2/c1-2-14-43(15-3-1)45-30-36-51(37-31-45)63(52-38-32-47(33-39-52)55-23-12-19-46-17-6-7-20-54(46)55)53-40-34-48(35-41-53)56-21-8-10-26-60(56)64-61-27-11-9-22-58(61)59-25-13-24-57(62(59)64)50-29-28-44-16-4-5-18-49(44)42-50/h1-42H. The predicted octanol–water partition coefficient (Wildman–Crippen LogP) is 17.2. The summed E-state index contributed by atoms with van der Waals surface area (Å²) in [6.07, 6.45) is 0. The first kappa shape index (κ1) is 37.3. The SMILES string of the molecule is c1ccc(-c2ccc(N(c3ccc(-c4ccccc4-n4c5ccccc5c5cccc(-c6ccc7ccccc7c6)c54)cc3)c3ccc(-c4cccc5ccccc45)cc3)cc2)cc1. The number of aromatic nitrogens is 1. The highest BCUT2D eigenvalue weighted by Gasteiger charge is 2.20. The molecule has 0 amide bonds. The van der Waals surface area contributed by atoms with E-state index in [2.05, 4.69) is 264 Å². The molecule has 1 heterocycles. The summed E-state index contributed by atoms with van der Waals surface area (Å²) in [5.74, 6) is 0. The number of fused-ring (bicyclic) bond motifs is 5. The number of nitrogens with zero attached hydrogens (tertiary/aromatic N) is 2. The fourth-order valence-corrected chi connectivity index (χ4v) is 9.71. The van der Waals surface area contributed by atoms with Gasteiger partial charge in [-0.1, -0.05) is 200 Å². The highest BCUT2D eigenvalue weighted by Crippen LogP contribution is 2.43. The lowest BCUT2D eigenvalue weighted by molar-refractivity contribution is 1.18. The molecular weight excluding hydrogens is 773 g/mol. The molecule has 11 aromatic carbocycles. The molecule has 1 aromatic heterocycles. The lowest BCUT2D eigenvalue weighted by Crippen LogP contribution is -2.09. The van der Waals surface area contributed by atoms with Gasteiger partial charge in [-0.2, -0.15) is 0 Å². The van der Waals surface area contributed by atoms with Gasteiger partial charge in [0.15, 0.2) is 0 Å². The van der Waals surface area contributed by atoms with Crippen LogP contribution in [0.25, 0.3) is 93.5 Å². The van der Waals surface area contributed by atoms with E-state index in [-0.39, 0.29) is 0 Å². The molecule has 0 aliphatic rings. The lowest BCUT2D eigenvalue weighted by Gasteiger charge is -2.26. The molecule has 0 saturated carbocycles. The van der Waals surface area contributed by atoms with Crippen molar-refractivity contribution in [2.75, 3.05) is 4.90 Å². The van der Waals surface area contributed by atoms with Crippen LogP contribution in [0.15, 0.2) is 255 Å². The topological polar surface area (TPSA) is 8.17 Å². The Morgan fingerprint density at radius 3 is 1.50 bits per heavy atom. The van der Waals surface area contributed by atoms with Crippen molar-refractivity contribution in [3.05, 3.63) is 255 Å². The molecule has 2 heteroatoms. The van der Waals surface area contributed by atoms with E-state index in [1.807, 2.05) is 0 Å². The van der Waals surface area contributed by atoms with Gasteiger partial charge in [0.2, 0.25) is 0 Å². The summed E-state index contributed by atoms with van der Waals surface area (Å²) in [5.41, 5.74) is 16.4. The third-order valence-electron chi connectivity index (χ3n) is 12.8. The maximum absolute atomic E-state index is 2.48. The molecule has 0 aliphatic carbocycles. The molecule has 0 spiro atoms. The van der Waals surface area contributed by atoms with E-state index >= 15 is 0 Å². The van der Waals surface area contributed by atoms with Crippen LogP contribution in [0.3, 0.4) is 0 Å². The number of hydrogen-bond acceptors (Lipinski definition) is 1. The number of para-hydroxylation sites is 3. The van der Waals surface area contributed by atoms with Gasteiger partial charge in [0.1, 0.15) is 0 Å². The van der Waals surface area contributed by atoms with Crippen LogP contribution in [0.2, 0.25) is 0 Å². The van der Waals surface area contributed by atoms with Crippen LogP contribution in [-0.4, -0.2) is 4.57 Å². The van der Waals surface area contributed by atoms with E-state index < -0.39 is 0 Å². The van der Waals surface area contributed by atoms with Crippen molar-refractivity contribution < 1.29 is 0 Å². The fraction of sp³-hybridized carbons (Fsp3) is 0. The zero-order chi connectivity index (χ0) is 42.4. The summed E-state index contributed by atoms with van der Waals surface area (Å²) in [6, 6.07) is 92.6. The molecule has 0 aliphatic heterocycles. The molecule has 0 fully saturated rings. The molecule has 0 atom stereocenters. The minimum absolute atomic E-state index is 1.09.